The van der Waals surface area contributed by atoms with Gasteiger partial charge in [-0.2, -0.15) is 0 Å². The summed E-state index contributed by atoms with van der Waals surface area (Å²) in [6, 6.07) is 4.14. The first-order valence-corrected chi connectivity index (χ1v) is 8.27. The van der Waals surface area contributed by atoms with Crippen LogP contribution in [-0.2, 0) is 11.2 Å². The highest BCUT2D eigenvalue weighted by Crippen LogP contribution is 2.14. The number of thiophene rings is 1. The van der Waals surface area contributed by atoms with E-state index in [-0.39, 0.29) is 6.03 Å². The van der Waals surface area contributed by atoms with Crippen molar-refractivity contribution in [1.82, 2.24) is 10.6 Å². The Morgan fingerprint density at radius 3 is 3.15 bits per heavy atom. The van der Waals surface area contributed by atoms with Crippen molar-refractivity contribution < 1.29 is 9.53 Å². The van der Waals surface area contributed by atoms with Crippen molar-refractivity contribution in [2.24, 2.45) is 5.92 Å². The van der Waals surface area contributed by atoms with Crippen LogP contribution in [0.3, 0.4) is 0 Å². The largest absolute Gasteiger partial charge is 0.378 e. The summed E-state index contributed by atoms with van der Waals surface area (Å²) in [4.78, 5) is 13.0. The standard InChI is InChI=1S/C15H24N2O2S/c1-12(10-14-5-3-9-20-14)11-17-15(18)16-7-6-13-4-2-8-19-13/h3,5,9,12-13H,2,4,6-8,10-11H2,1H3,(H2,16,17,18)/t12-,13+/m1/s1. The maximum atomic E-state index is 11.7. The monoisotopic (exact) mass is 296 g/mol. The molecule has 4 nitrogen and oxygen atoms in total. The highest BCUT2D eigenvalue weighted by Gasteiger charge is 2.15. The van der Waals surface area contributed by atoms with Gasteiger partial charge in [0, 0.05) is 24.6 Å². The van der Waals surface area contributed by atoms with Crippen molar-refractivity contribution in [3.05, 3.63) is 22.4 Å². The van der Waals surface area contributed by atoms with Crippen LogP contribution in [0.1, 0.15) is 31.1 Å². The number of hydrogen-bond acceptors (Lipinski definition) is 3. The Morgan fingerprint density at radius 2 is 2.45 bits per heavy atom. The molecule has 1 aliphatic rings. The lowest BCUT2D eigenvalue weighted by Gasteiger charge is -2.13. The van der Waals surface area contributed by atoms with Crippen molar-refractivity contribution in [3.8, 4) is 0 Å². The van der Waals surface area contributed by atoms with Crippen molar-refractivity contribution in [2.45, 2.75) is 38.7 Å². The van der Waals surface area contributed by atoms with Gasteiger partial charge in [0.05, 0.1) is 6.10 Å². The molecule has 2 N–H and O–H groups in total. The van der Waals surface area contributed by atoms with E-state index in [1.165, 1.54) is 4.88 Å². The first kappa shape index (κ1) is 15.3. The van der Waals surface area contributed by atoms with Crippen LogP contribution in [0.15, 0.2) is 17.5 Å². The van der Waals surface area contributed by atoms with Crippen LogP contribution < -0.4 is 10.6 Å². The van der Waals surface area contributed by atoms with E-state index >= 15 is 0 Å². The fraction of sp³-hybridized carbons (Fsp3) is 0.667. The third-order valence-electron chi connectivity index (χ3n) is 3.52. The van der Waals surface area contributed by atoms with Gasteiger partial charge < -0.3 is 15.4 Å². The molecule has 1 aliphatic heterocycles. The number of urea groups is 1. The Hall–Kier alpha value is -1.07. The molecule has 0 radical (unpaired) electrons. The SMILES string of the molecule is C[C@@H](CNC(=O)NCC[C@@H]1CCCO1)Cc1cccs1. The fourth-order valence-corrected chi connectivity index (χ4v) is 3.26. The predicted octanol–water partition coefficient (Wildman–Crippen LogP) is 2.80. The van der Waals surface area contributed by atoms with Gasteiger partial charge in [-0.05, 0) is 43.0 Å². The van der Waals surface area contributed by atoms with Gasteiger partial charge in [0.1, 0.15) is 0 Å². The summed E-state index contributed by atoms with van der Waals surface area (Å²) in [7, 11) is 0. The van der Waals surface area contributed by atoms with E-state index in [4.69, 9.17) is 4.74 Å². The third-order valence-corrected chi connectivity index (χ3v) is 4.42. The van der Waals surface area contributed by atoms with Crippen LogP contribution in [0.25, 0.3) is 0 Å². The normalized spacial score (nSPS) is 19.8. The lowest BCUT2D eigenvalue weighted by molar-refractivity contribution is 0.104. The quantitative estimate of drug-likeness (QED) is 0.813. The molecule has 0 spiro atoms. The molecule has 1 fully saturated rings. The molecule has 1 aromatic rings. The van der Waals surface area contributed by atoms with Crippen molar-refractivity contribution in [3.63, 3.8) is 0 Å². The molecule has 20 heavy (non-hydrogen) atoms. The van der Waals surface area contributed by atoms with Crippen molar-refractivity contribution in [2.75, 3.05) is 19.7 Å². The maximum absolute atomic E-state index is 11.7. The Bertz CT molecular complexity index is 389. The van der Waals surface area contributed by atoms with E-state index < -0.39 is 0 Å². The van der Waals surface area contributed by atoms with Gasteiger partial charge in [0.25, 0.3) is 0 Å². The van der Waals surface area contributed by atoms with E-state index in [1.807, 2.05) is 0 Å². The molecule has 5 heteroatoms. The van der Waals surface area contributed by atoms with E-state index in [2.05, 4.69) is 35.1 Å². The Kier molecular flexibility index (Phi) is 6.33. The maximum Gasteiger partial charge on any atom is 0.314 e. The summed E-state index contributed by atoms with van der Waals surface area (Å²) in [6.45, 7) is 4.43. The van der Waals surface area contributed by atoms with Gasteiger partial charge in [-0.15, -0.1) is 11.3 Å². The molecule has 2 atom stereocenters. The minimum absolute atomic E-state index is 0.0685. The molecule has 0 unspecified atom stereocenters. The second kappa shape index (κ2) is 8.27. The molecule has 0 aromatic carbocycles. The van der Waals surface area contributed by atoms with E-state index in [1.54, 1.807) is 11.3 Å². The van der Waals surface area contributed by atoms with Crippen LogP contribution in [-0.4, -0.2) is 31.8 Å². The van der Waals surface area contributed by atoms with Gasteiger partial charge >= 0.3 is 6.03 Å². The summed E-state index contributed by atoms with van der Waals surface area (Å²) >= 11 is 1.77. The fourth-order valence-electron chi connectivity index (χ4n) is 2.39. The zero-order valence-corrected chi connectivity index (χ0v) is 12.9. The zero-order valence-electron chi connectivity index (χ0n) is 12.1. The van der Waals surface area contributed by atoms with Crippen LogP contribution in [0.4, 0.5) is 4.79 Å². The van der Waals surface area contributed by atoms with E-state index in [9.17, 15) is 4.79 Å². The Labute approximate surface area is 124 Å². The smallest absolute Gasteiger partial charge is 0.314 e. The molecular formula is C15H24N2O2S. The molecule has 2 amide bonds. The minimum Gasteiger partial charge on any atom is -0.378 e. The number of ether oxygens (including phenoxy) is 1. The van der Waals surface area contributed by atoms with Crippen LogP contribution in [0.2, 0.25) is 0 Å². The second-order valence-electron chi connectivity index (χ2n) is 5.45. The minimum atomic E-state index is -0.0685. The Morgan fingerprint density at radius 1 is 1.55 bits per heavy atom. The molecule has 1 saturated heterocycles. The van der Waals surface area contributed by atoms with Crippen LogP contribution in [0, 0.1) is 5.92 Å². The van der Waals surface area contributed by atoms with Gasteiger partial charge in [-0.25, -0.2) is 4.79 Å². The second-order valence-corrected chi connectivity index (χ2v) is 6.48. The first-order chi connectivity index (χ1) is 9.74. The van der Waals surface area contributed by atoms with Crippen LogP contribution in [0.5, 0.6) is 0 Å². The highest BCUT2D eigenvalue weighted by molar-refractivity contribution is 7.09. The molecule has 0 saturated carbocycles. The Balaban J connectivity index is 1.52. The average molecular weight is 296 g/mol. The highest BCUT2D eigenvalue weighted by atomic mass is 32.1. The molecule has 2 heterocycles. The summed E-state index contributed by atoms with van der Waals surface area (Å²) in [5.74, 6) is 0.456. The summed E-state index contributed by atoms with van der Waals surface area (Å²) in [5.41, 5.74) is 0. The molecule has 112 valence electrons. The van der Waals surface area contributed by atoms with Crippen molar-refractivity contribution in [1.29, 1.82) is 0 Å². The van der Waals surface area contributed by atoms with Crippen LogP contribution >= 0.6 is 11.3 Å². The average Bonchev–Trinajstić information content (AvgIpc) is 3.09. The summed E-state index contributed by atoms with van der Waals surface area (Å²) in [5, 5.41) is 7.92. The number of nitrogens with one attached hydrogen (secondary N) is 2. The van der Waals surface area contributed by atoms with E-state index in [0.717, 1.165) is 32.3 Å². The third kappa shape index (κ3) is 5.51. The topological polar surface area (TPSA) is 50.4 Å². The van der Waals surface area contributed by atoms with E-state index in [0.29, 0.717) is 25.1 Å². The number of amides is 2. The zero-order chi connectivity index (χ0) is 14.2. The summed E-state index contributed by atoms with van der Waals surface area (Å²) in [6.07, 6.45) is 4.55. The number of hydrogen-bond donors (Lipinski definition) is 2. The lowest BCUT2D eigenvalue weighted by atomic mass is 10.1. The van der Waals surface area contributed by atoms with Gasteiger partial charge in [-0.1, -0.05) is 13.0 Å². The summed E-state index contributed by atoms with van der Waals surface area (Å²) < 4.78 is 5.52. The molecular weight excluding hydrogens is 272 g/mol. The molecule has 0 aliphatic carbocycles. The van der Waals surface area contributed by atoms with Gasteiger partial charge in [-0.3, -0.25) is 0 Å². The van der Waals surface area contributed by atoms with Gasteiger partial charge in [0.2, 0.25) is 0 Å². The number of carbonyl (C=O) groups is 1. The molecule has 0 bridgehead atoms. The number of rotatable bonds is 7. The predicted molar refractivity (Wildman–Crippen MR) is 82.2 cm³/mol. The molecule has 2 rings (SSSR count). The van der Waals surface area contributed by atoms with Gasteiger partial charge in [0.15, 0.2) is 0 Å². The lowest BCUT2D eigenvalue weighted by Crippen LogP contribution is -2.39. The molecule has 1 aromatic heterocycles. The number of carbonyl (C=O) groups excluding carboxylic acids is 1. The van der Waals surface area contributed by atoms with Crippen molar-refractivity contribution >= 4 is 17.4 Å². The first-order valence-electron chi connectivity index (χ1n) is 7.39.